The number of amides is 1. The first-order valence-corrected chi connectivity index (χ1v) is 10.8. The largest absolute Gasteiger partial charge is 0.481 e. The number of carbonyl (C=O) groups excluding carboxylic acids is 1. The Bertz CT molecular complexity index is 759. The Balaban J connectivity index is 1.89. The second-order valence-corrected chi connectivity index (χ2v) is 9.27. The SMILES string of the molecule is CC(C)CNS(=O)(=O)c1ccc(CNC(=O)C2CCCC(C(=O)O)C2)cc1. The van der Waals surface area contributed by atoms with Gasteiger partial charge in [0.15, 0.2) is 0 Å². The zero-order valence-corrected chi connectivity index (χ0v) is 16.6. The first kappa shape index (κ1) is 21.4. The molecule has 0 saturated heterocycles. The van der Waals surface area contributed by atoms with Crippen molar-refractivity contribution in [3.05, 3.63) is 29.8 Å². The molecule has 0 spiro atoms. The molecule has 2 atom stereocenters. The highest BCUT2D eigenvalue weighted by atomic mass is 32.2. The fourth-order valence-electron chi connectivity index (χ4n) is 3.13. The number of benzene rings is 1. The minimum absolute atomic E-state index is 0.142. The maximum absolute atomic E-state index is 12.3. The van der Waals surface area contributed by atoms with Crippen LogP contribution in [-0.2, 0) is 26.2 Å². The third kappa shape index (κ3) is 6.32. The van der Waals surface area contributed by atoms with Crippen LogP contribution in [0, 0.1) is 17.8 Å². The van der Waals surface area contributed by atoms with Gasteiger partial charge in [-0.15, -0.1) is 0 Å². The van der Waals surface area contributed by atoms with Gasteiger partial charge in [-0.2, -0.15) is 0 Å². The number of rotatable bonds is 8. The first-order chi connectivity index (χ1) is 12.7. The highest BCUT2D eigenvalue weighted by Crippen LogP contribution is 2.29. The molecule has 0 bridgehead atoms. The standard InChI is InChI=1S/C19H28N2O5S/c1-13(2)11-21-27(25,26)17-8-6-14(7-9-17)12-20-18(22)15-4-3-5-16(10-15)19(23)24/h6-9,13,15-16,21H,3-5,10-12H2,1-2H3,(H,20,22)(H,23,24). The van der Waals surface area contributed by atoms with E-state index >= 15 is 0 Å². The molecule has 2 unspecified atom stereocenters. The lowest BCUT2D eigenvalue weighted by molar-refractivity contribution is -0.144. The van der Waals surface area contributed by atoms with Crippen molar-refractivity contribution in [2.45, 2.75) is 51.0 Å². The second-order valence-electron chi connectivity index (χ2n) is 7.51. The van der Waals surface area contributed by atoms with Gasteiger partial charge in [-0.3, -0.25) is 9.59 Å². The van der Waals surface area contributed by atoms with Crippen LogP contribution in [0.5, 0.6) is 0 Å². The Morgan fingerprint density at radius 2 is 1.78 bits per heavy atom. The van der Waals surface area contributed by atoms with E-state index in [2.05, 4.69) is 10.0 Å². The van der Waals surface area contributed by atoms with E-state index in [0.717, 1.165) is 12.0 Å². The number of carboxylic acid groups (broad SMARTS) is 1. The van der Waals surface area contributed by atoms with Crippen LogP contribution < -0.4 is 10.0 Å². The van der Waals surface area contributed by atoms with Gasteiger partial charge < -0.3 is 10.4 Å². The van der Waals surface area contributed by atoms with Crippen LogP contribution in [0.15, 0.2) is 29.2 Å². The maximum atomic E-state index is 12.3. The Hall–Kier alpha value is -1.93. The summed E-state index contributed by atoms with van der Waals surface area (Å²) >= 11 is 0. The Labute approximate surface area is 160 Å². The zero-order valence-electron chi connectivity index (χ0n) is 15.8. The molecule has 7 nitrogen and oxygen atoms in total. The lowest BCUT2D eigenvalue weighted by Crippen LogP contribution is -2.35. The molecular weight excluding hydrogens is 368 g/mol. The number of hydrogen-bond acceptors (Lipinski definition) is 4. The van der Waals surface area contributed by atoms with E-state index in [1.807, 2.05) is 13.8 Å². The van der Waals surface area contributed by atoms with Crippen LogP contribution in [-0.4, -0.2) is 31.9 Å². The van der Waals surface area contributed by atoms with E-state index in [0.29, 0.717) is 25.8 Å². The van der Waals surface area contributed by atoms with Crippen LogP contribution in [0.1, 0.15) is 45.1 Å². The van der Waals surface area contributed by atoms with Gasteiger partial charge in [-0.25, -0.2) is 13.1 Å². The lowest BCUT2D eigenvalue weighted by Gasteiger charge is -2.25. The number of aliphatic carboxylic acids is 1. The van der Waals surface area contributed by atoms with Crippen molar-refractivity contribution in [3.8, 4) is 0 Å². The molecule has 0 aromatic heterocycles. The first-order valence-electron chi connectivity index (χ1n) is 9.28. The summed E-state index contributed by atoms with van der Waals surface area (Å²) in [5.41, 5.74) is 0.789. The number of carbonyl (C=O) groups is 2. The van der Waals surface area contributed by atoms with Gasteiger partial charge in [0.2, 0.25) is 15.9 Å². The average molecular weight is 397 g/mol. The Kier molecular flexibility index (Phi) is 7.38. The topological polar surface area (TPSA) is 113 Å². The number of carboxylic acids is 1. The molecule has 1 fully saturated rings. The smallest absolute Gasteiger partial charge is 0.306 e. The van der Waals surface area contributed by atoms with Crippen molar-refractivity contribution >= 4 is 21.9 Å². The number of nitrogens with one attached hydrogen (secondary N) is 2. The van der Waals surface area contributed by atoms with Crippen molar-refractivity contribution in [3.63, 3.8) is 0 Å². The van der Waals surface area contributed by atoms with E-state index in [4.69, 9.17) is 5.11 Å². The quantitative estimate of drug-likeness (QED) is 0.623. The Morgan fingerprint density at radius 3 is 2.37 bits per heavy atom. The van der Waals surface area contributed by atoms with Crippen LogP contribution in [0.3, 0.4) is 0 Å². The normalized spacial score (nSPS) is 20.4. The van der Waals surface area contributed by atoms with Crippen molar-refractivity contribution in [1.29, 1.82) is 0 Å². The third-order valence-electron chi connectivity index (χ3n) is 4.78. The zero-order chi connectivity index (χ0) is 20.0. The Morgan fingerprint density at radius 1 is 1.15 bits per heavy atom. The summed E-state index contributed by atoms with van der Waals surface area (Å²) < 4.78 is 26.9. The van der Waals surface area contributed by atoms with Gasteiger partial charge in [-0.05, 0) is 42.9 Å². The number of hydrogen-bond donors (Lipinski definition) is 3. The fourth-order valence-corrected chi connectivity index (χ4v) is 4.35. The van der Waals surface area contributed by atoms with E-state index in [1.165, 1.54) is 12.1 Å². The van der Waals surface area contributed by atoms with Gasteiger partial charge in [0, 0.05) is 19.0 Å². The summed E-state index contributed by atoms with van der Waals surface area (Å²) in [6.45, 7) is 4.52. The van der Waals surface area contributed by atoms with Crippen molar-refractivity contribution in [1.82, 2.24) is 10.0 Å². The van der Waals surface area contributed by atoms with Gasteiger partial charge in [0.05, 0.1) is 10.8 Å². The van der Waals surface area contributed by atoms with E-state index in [9.17, 15) is 18.0 Å². The van der Waals surface area contributed by atoms with Gasteiger partial charge in [0.1, 0.15) is 0 Å². The molecule has 1 aliphatic rings. The van der Waals surface area contributed by atoms with Crippen LogP contribution in [0.2, 0.25) is 0 Å². The maximum Gasteiger partial charge on any atom is 0.306 e. The van der Waals surface area contributed by atoms with Crippen LogP contribution in [0.25, 0.3) is 0 Å². The number of sulfonamides is 1. The minimum atomic E-state index is -3.53. The second kappa shape index (κ2) is 9.32. The molecular formula is C19H28N2O5S. The summed E-state index contributed by atoms with van der Waals surface area (Å²) in [6, 6.07) is 6.38. The predicted octanol–water partition coefficient (Wildman–Crippen LogP) is 2.13. The summed E-state index contributed by atoms with van der Waals surface area (Å²) in [4.78, 5) is 23.6. The van der Waals surface area contributed by atoms with Gasteiger partial charge in [0.25, 0.3) is 0 Å². The molecule has 1 saturated carbocycles. The minimum Gasteiger partial charge on any atom is -0.481 e. The summed E-state index contributed by atoms with van der Waals surface area (Å²) in [5.74, 6) is -1.49. The van der Waals surface area contributed by atoms with E-state index < -0.39 is 21.9 Å². The molecule has 150 valence electrons. The fraction of sp³-hybridized carbons (Fsp3) is 0.579. The summed E-state index contributed by atoms with van der Waals surface area (Å²) in [7, 11) is -3.53. The molecule has 3 N–H and O–H groups in total. The highest BCUT2D eigenvalue weighted by Gasteiger charge is 2.30. The van der Waals surface area contributed by atoms with Crippen molar-refractivity contribution in [2.24, 2.45) is 17.8 Å². The molecule has 2 rings (SSSR count). The molecule has 27 heavy (non-hydrogen) atoms. The lowest BCUT2D eigenvalue weighted by atomic mass is 9.81. The highest BCUT2D eigenvalue weighted by molar-refractivity contribution is 7.89. The molecule has 1 aromatic carbocycles. The molecule has 0 radical (unpaired) electrons. The van der Waals surface area contributed by atoms with Crippen LogP contribution >= 0.6 is 0 Å². The summed E-state index contributed by atoms with van der Waals surface area (Å²) in [6.07, 6.45) is 2.44. The molecule has 1 aliphatic carbocycles. The van der Waals surface area contributed by atoms with Crippen LogP contribution in [0.4, 0.5) is 0 Å². The molecule has 0 aliphatic heterocycles. The van der Waals surface area contributed by atoms with Gasteiger partial charge >= 0.3 is 5.97 Å². The third-order valence-corrected chi connectivity index (χ3v) is 6.22. The monoisotopic (exact) mass is 396 g/mol. The molecule has 8 heteroatoms. The molecule has 1 amide bonds. The average Bonchev–Trinajstić information content (AvgIpc) is 2.65. The molecule has 1 aromatic rings. The van der Waals surface area contributed by atoms with Crippen molar-refractivity contribution in [2.75, 3.05) is 6.54 Å². The van der Waals surface area contributed by atoms with E-state index in [-0.39, 0.29) is 29.2 Å². The summed E-state index contributed by atoms with van der Waals surface area (Å²) in [5, 5.41) is 11.9. The van der Waals surface area contributed by atoms with E-state index in [1.54, 1.807) is 12.1 Å². The molecule has 0 heterocycles. The van der Waals surface area contributed by atoms with Gasteiger partial charge in [-0.1, -0.05) is 32.4 Å². The predicted molar refractivity (Wildman–Crippen MR) is 101 cm³/mol. The van der Waals surface area contributed by atoms with Crippen molar-refractivity contribution < 1.29 is 23.1 Å².